The number of hydrogen-bond acceptors (Lipinski definition) is 0. The Kier molecular flexibility index (Phi) is 5.68. The van der Waals surface area contributed by atoms with Crippen LogP contribution in [0.25, 0.3) is 6.08 Å². The molecule has 1 aromatic rings. The summed E-state index contributed by atoms with van der Waals surface area (Å²) in [7, 11) is -2.88. The molecule has 5 heteroatoms. The average Bonchev–Trinajstić information content (AvgIpc) is 2.73. The van der Waals surface area contributed by atoms with Crippen molar-refractivity contribution in [3.63, 3.8) is 0 Å². The van der Waals surface area contributed by atoms with Crippen LogP contribution in [0.1, 0.15) is 51.0 Å². The molecule has 1 unspecified atom stereocenters. The molecule has 0 bridgehead atoms. The van der Waals surface area contributed by atoms with Crippen molar-refractivity contribution in [2.24, 2.45) is 0 Å². The zero-order valence-electron chi connectivity index (χ0n) is 12.0. The third-order valence-corrected chi connectivity index (χ3v) is 11.0. The number of fused-ring (bicyclic) bond motifs is 1. The predicted molar refractivity (Wildman–Crippen MR) is 93.7 cm³/mol. The summed E-state index contributed by atoms with van der Waals surface area (Å²) >= 11 is 1.68. The first-order valence-electron chi connectivity index (χ1n) is 7.30. The Morgan fingerprint density at radius 2 is 1.71 bits per heavy atom. The molecular formula is C16H20F3IS. The van der Waals surface area contributed by atoms with Crippen LogP contribution < -0.4 is 0 Å². The van der Waals surface area contributed by atoms with Gasteiger partial charge in [-0.1, -0.05) is 50.8 Å². The van der Waals surface area contributed by atoms with Gasteiger partial charge in [0.1, 0.15) is 0 Å². The van der Waals surface area contributed by atoms with E-state index in [-0.39, 0.29) is 0 Å². The highest BCUT2D eigenvalue weighted by Crippen LogP contribution is 2.82. The Balaban J connectivity index is 2.17. The van der Waals surface area contributed by atoms with Crippen LogP contribution in [-0.2, 0) is 0 Å². The summed E-state index contributed by atoms with van der Waals surface area (Å²) in [6.45, 7) is 2.14. The van der Waals surface area contributed by atoms with Gasteiger partial charge in [0.15, 0.2) is 0 Å². The molecule has 0 radical (unpaired) electrons. The normalized spacial score (nSPS) is 24.3. The number of allylic oxidation sites excluding steroid dienone is 1. The summed E-state index contributed by atoms with van der Waals surface area (Å²) in [5.41, 5.74) is -3.42. The maximum absolute atomic E-state index is 13.7. The maximum Gasteiger partial charge on any atom is 0.441 e. The molecule has 0 saturated carbocycles. The van der Waals surface area contributed by atoms with Gasteiger partial charge < -0.3 is 0 Å². The van der Waals surface area contributed by atoms with Crippen LogP contribution in [-0.4, -0.2) is 5.51 Å². The van der Waals surface area contributed by atoms with Crippen molar-refractivity contribution in [3.05, 3.63) is 34.7 Å². The molecule has 0 fully saturated rings. The maximum atomic E-state index is 13.7. The van der Waals surface area contributed by atoms with E-state index in [1.54, 1.807) is 45.5 Å². The monoisotopic (exact) mass is 428 g/mol. The van der Waals surface area contributed by atoms with Gasteiger partial charge in [-0.15, -0.1) is 0 Å². The van der Waals surface area contributed by atoms with E-state index in [2.05, 4.69) is 6.92 Å². The lowest BCUT2D eigenvalue weighted by atomic mass is 10.1. The van der Waals surface area contributed by atoms with E-state index >= 15 is 0 Å². The van der Waals surface area contributed by atoms with Gasteiger partial charge in [-0.25, -0.2) is 0 Å². The summed E-state index contributed by atoms with van der Waals surface area (Å²) < 4.78 is 41.1. The molecule has 21 heavy (non-hydrogen) atoms. The second-order valence-electron chi connectivity index (χ2n) is 5.30. The van der Waals surface area contributed by atoms with Gasteiger partial charge in [-0.3, -0.25) is 0 Å². The van der Waals surface area contributed by atoms with E-state index in [0.29, 0.717) is 16.2 Å². The van der Waals surface area contributed by atoms with Crippen LogP contribution in [0.15, 0.2) is 34.1 Å². The summed E-state index contributed by atoms with van der Waals surface area (Å²) in [5, 5.41) is 0. The number of rotatable bonds is 6. The quantitative estimate of drug-likeness (QED) is 0.326. The summed E-state index contributed by atoms with van der Waals surface area (Å²) in [5.74, 6) is 0. The van der Waals surface area contributed by atoms with Gasteiger partial charge in [-0.05, 0) is 63.9 Å². The number of hydrogen-bond donors (Lipinski definition) is 0. The summed E-state index contributed by atoms with van der Waals surface area (Å²) in [6.07, 6.45) is 7.66. The minimum absolute atomic E-state index is 0.474. The standard InChI is InChI=1S/C16H20F3IS/c1-2-3-4-5-6-10-14-12-13-9-7-8-11-15(13)21(14,20)16(17,18)19/h7-9,11-12H,2-6,10H2,1H3. The molecule has 1 atom stereocenters. The molecule has 0 amide bonds. The predicted octanol–water partition coefficient (Wildman–Crippen LogP) is 7.43. The van der Waals surface area contributed by atoms with Crippen LogP contribution in [0, 0.1) is 0 Å². The zero-order chi connectivity index (χ0) is 15.5. The first-order valence-corrected chi connectivity index (χ1v) is 11.5. The Labute approximate surface area is 138 Å². The molecule has 0 saturated heterocycles. The van der Waals surface area contributed by atoms with Gasteiger partial charge in [0.05, 0.1) is 0 Å². The highest BCUT2D eigenvalue weighted by Gasteiger charge is 2.54. The molecule has 0 spiro atoms. The fourth-order valence-corrected chi connectivity index (χ4v) is 7.15. The molecule has 0 aliphatic carbocycles. The molecule has 2 rings (SSSR count). The van der Waals surface area contributed by atoms with E-state index < -0.39 is 12.7 Å². The van der Waals surface area contributed by atoms with Gasteiger partial charge in [-0.2, -0.15) is 13.2 Å². The van der Waals surface area contributed by atoms with Gasteiger partial charge >= 0.3 is 5.51 Å². The zero-order valence-corrected chi connectivity index (χ0v) is 15.0. The Bertz CT molecular complexity index is 524. The Morgan fingerprint density at radius 3 is 2.38 bits per heavy atom. The van der Waals surface area contributed by atoms with Crippen molar-refractivity contribution in [1.29, 1.82) is 0 Å². The summed E-state index contributed by atoms with van der Waals surface area (Å²) in [4.78, 5) is 1.06. The molecular weight excluding hydrogens is 408 g/mol. The molecule has 0 aromatic heterocycles. The third kappa shape index (κ3) is 3.44. The van der Waals surface area contributed by atoms with Crippen molar-refractivity contribution in [2.45, 2.75) is 55.9 Å². The van der Waals surface area contributed by atoms with E-state index in [4.69, 9.17) is 0 Å². The second kappa shape index (κ2) is 6.94. The van der Waals surface area contributed by atoms with Crippen molar-refractivity contribution >= 4 is 34.5 Å². The minimum Gasteiger partial charge on any atom is -0.160 e. The Morgan fingerprint density at radius 1 is 1.05 bits per heavy atom. The molecule has 1 aliphatic rings. The fraction of sp³-hybridized carbons (Fsp3) is 0.500. The number of unbranched alkanes of at least 4 members (excludes halogenated alkanes) is 4. The van der Waals surface area contributed by atoms with Gasteiger partial charge in [0, 0.05) is 4.90 Å². The highest BCUT2D eigenvalue weighted by molar-refractivity contribution is 14.2. The first-order chi connectivity index (χ1) is 9.91. The largest absolute Gasteiger partial charge is 0.441 e. The molecule has 1 aliphatic heterocycles. The number of halogens is 4. The molecule has 1 aromatic carbocycles. The van der Waals surface area contributed by atoms with E-state index in [1.807, 2.05) is 6.07 Å². The van der Waals surface area contributed by atoms with Crippen molar-refractivity contribution in [1.82, 2.24) is 0 Å². The van der Waals surface area contributed by atoms with E-state index in [9.17, 15) is 13.2 Å². The SMILES string of the molecule is CCCCCCCC1=Cc2ccccc2S1(I)C(F)(F)F. The average molecular weight is 428 g/mol. The van der Waals surface area contributed by atoms with Crippen LogP contribution in [0.4, 0.5) is 13.2 Å². The Hall–Kier alpha value is -0.170. The number of alkyl halides is 3. The minimum atomic E-state index is -4.17. The lowest BCUT2D eigenvalue weighted by Gasteiger charge is -2.35. The lowest BCUT2D eigenvalue weighted by molar-refractivity contribution is -0.0353. The van der Waals surface area contributed by atoms with Crippen LogP contribution in [0.5, 0.6) is 0 Å². The van der Waals surface area contributed by atoms with Crippen molar-refractivity contribution in [2.75, 3.05) is 0 Å². The molecule has 1 heterocycles. The van der Waals surface area contributed by atoms with Gasteiger partial charge in [0.25, 0.3) is 0 Å². The van der Waals surface area contributed by atoms with Crippen LogP contribution in [0.2, 0.25) is 0 Å². The summed E-state index contributed by atoms with van der Waals surface area (Å²) in [6, 6.07) is 6.96. The van der Waals surface area contributed by atoms with E-state index in [1.165, 1.54) is 6.42 Å². The molecule has 0 nitrogen and oxygen atoms in total. The second-order valence-corrected chi connectivity index (χ2v) is 11.8. The highest BCUT2D eigenvalue weighted by atomic mass is 127. The van der Waals surface area contributed by atoms with Crippen molar-refractivity contribution < 1.29 is 13.2 Å². The van der Waals surface area contributed by atoms with E-state index in [0.717, 1.165) is 31.2 Å². The first kappa shape index (κ1) is 17.2. The topological polar surface area (TPSA) is 0 Å². The lowest BCUT2D eigenvalue weighted by Crippen LogP contribution is -2.15. The molecule has 0 N–H and O–H groups in total. The smallest absolute Gasteiger partial charge is 0.160 e. The number of benzene rings is 1. The van der Waals surface area contributed by atoms with Crippen LogP contribution in [0.3, 0.4) is 0 Å². The van der Waals surface area contributed by atoms with Crippen molar-refractivity contribution in [3.8, 4) is 0 Å². The van der Waals surface area contributed by atoms with Gasteiger partial charge in [0.2, 0.25) is 0 Å². The third-order valence-electron chi connectivity index (χ3n) is 3.75. The van der Waals surface area contributed by atoms with Crippen LogP contribution >= 0.6 is 28.4 Å². The fourth-order valence-electron chi connectivity index (χ4n) is 2.64. The molecule has 118 valence electrons.